The minimum absolute atomic E-state index is 0.251. The molecule has 0 heterocycles. The molecule has 0 saturated carbocycles. The van der Waals surface area contributed by atoms with Crippen molar-refractivity contribution in [2.45, 2.75) is 83.7 Å². The molecule has 0 amide bonds. The number of rotatable bonds is 15. The van der Waals surface area contributed by atoms with Gasteiger partial charge in [0.2, 0.25) is 0 Å². The van der Waals surface area contributed by atoms with E-state index in [-0.39, 0.29) is 12.5 Å². The van der Waals surface area contributed by atoms with Crippen molar-refractivity contribution in [3.05, 3.63) is 24.3 Å². The average molecular weight is 312 g/mol. The lowest BCUT2D eigenvalue weighted by Crippen LogP contribution is -2.06. The van der Waals surface area contributed by atoms with Crippen LogP contribution in [0.4, 0.5) is 0 Å². The molecular formula is C18H32O4. The molecule has 128 valence electrons. The van der Waals surface area contributed by atoms with Gasteiger partial charge in [0, 0.05) is 6.42 Å². The summed E-state index contributed by atoms with van der Waals surface area (Å²) in [6, 6.07) is 0. The van der Waals surface area contributed by atoms with Crippen molar-refractivity contribution in [3.63, 3.8) is 0 Å². The summed E-state index contributed by atoms with van der Waals surface area (Å²) in [4.78, 5) is 14.8. The highest BCUT2D eigenvalue weighted by Gasteiger charge is 2.03. The minimum Gasteiger partial charge on any atom is -0.481 e. The second-order valence-corrected chi connectivity index (χ2v) is 5.65. The molecule has 0 rings (SSSR count). The molecule has 1 unspecified atom stereocenters. The zero-order chi connectivity index (χ0) is 16.5. The van der Waals surface area contributed by atoms with Gasteiger partial charge in [-0.2, -0.15) is 0 Å². The van der Waals surface area contributed by atoms with Crippen molar-refractivity contribution in [2.75, 3.05) is 0 Å². The summed E-state index contributed by atoms with van der Waals surface area (Å²) in [5, 5.41) is 17.4. The van der Waals surface area contributed by atoms with E-state index >= 15 is 0 Å². The highest BCUT2D eigenvalue weighted by molar-refractivity contribution is 5.66. The van der Waals surface area contributed by atoms with Crippen molar-refractivity contribution in [3.8, 4) is 0 Å². The van der Waals surface area contributed by atoms with E-state index in [1.165, 1.54) is 19.3 Å². The Kier molecular flexibility index (Phi) is 15.4. The van der Waals surface area contributed by atoms with Gasteiger partial charge < -0.3 is 5.11 Å². The number of hydrogen-bond acceptors (Lipinski definition) is 3. The standard InChI is InChI=1S/C18H32O4/c1-2-3-4-5-6-8-11-14-17(22-21)15-12-9-7-10-13-16-18(19)20/h6,8,11,14,17,21H,2-5,7,9-10,12-13,15-16H2,1H3,(H,19,20)/b8-6-,14-11+. The van der Waals surface area contributed by atoms with Crippen molar-refractivity contribution >= 4 is 5.97 Å². The summed E-state index contributed by atoms with van der Waals surface area (Å²) in [6.45, 7) is 2.19. The molecule has 0 aliphatic rings. The highest BCUT2D eigenvalue weighted by atomic mass is 17.1. The number of hydrogen-bond donors (Lipinski definition) is 2. The van der Waals surface area contributed by atoms with Crippen LogP contribution in [0.1, 0.15) is 77.6 Å². The molecule has 0 bridgehead atoms. The minimum atomic E-state index is -0.721. The van der Waals surface area contributed by atoms with Crippen LogP contribution in [0.2, 0.25) is 0 Å². The fourth-order valence-corrected chi connectivity index (χ4v) is 2.21. The number of aliphatic carboxylic acids is 1. The molecule has 0 aromatic heterocycles. The van der Waals surface area contributed by atoms with Gasteiger partial charge in [-0.1, -0.05) is 69.8 Å². The molecule has 4 nitrogen and oxygen atoms in total. The SMILES string of the molecule is CCCCC/C=C\C=C\C(CCCCCCCC(=O)O)OO. The van der Waals surface area contributed by atoms with E-state index in [0.29, 0.717) is 0 Å². The van der Waals surface area contributed by atoms with Crippen LogP contribution in [0.15, 0.2) is 24.3 Å². The number of carboxylic acid groups (broad SMARTS) is 1. The van der Waals surface area contributed by atoms with Gasteiger partial charge in [0.05, 0.1) is 0 Å². The maximum absolute atomic E-state index is 10.4. The molecule has 0 radical (unpaired) electrons. The van der Waals surface area contributed by atoms with Gasteiger partial charge in [-0.3, -0.25) is 10.1 Å². The predicted molar refractivity (Wildman–Crippen MR) is 89.9 cm³/mol. The van der Waals surface area contributed by atoms with Crippen LogP contribution in [0.3, 0.4) is 0 Å². The third-order valence-electron chi connectivity index (χ3n) is 3.56. The normalized spacial score (nSPS) is 13.2. The van der Waals surface area contributed by atoms with Gasteiger partial charge in [0.25, 0.3) is 0 Å². The number of allylic oxidation sites excluding steroid dienone is 3. The first-order valence-corrected chi connectivity index (χ1v) is 8.56. The maximum atomic E-state index is 10.4. The fraction of sp³-hybridized carbons (Fsp3) is 0.722. The Labute approximate surface area is 134 Å². The Morgan fingerprint density at radius 2 is 1.77 bits per heavy atom. The number of carbonyl (C=O) groups is 1. The highest BCUT2D eigenvalue weighted by Crippen LogP contribution is 2.11. The van der Waals surface area contributed by atoms with Crippen molar-refractivity contribution < 1.29 is 20.0 Å². The summed E-state index contributed by atoms with van der Waals surface area (Å²) in [5.41, 5.74) is 0. The van der Waals surface area contributed by atoms with E-state index in [1.807, 2.05) is 18.2 Å². The summed E-state index contributed by atoms with van der Waals surface area (Å²) >= 11 is 0. The van der Waals surface area contributed by atoms with E-state index in [0.717, 1.165) is 44.9 Å². The molecule has 4 heteroatoms. The summed E-state index contributed by atoms with van der Waals surface area (Å²) < 4.78 is 0. The number of unbranched alkanes of at least 4 members (excludes halogenated alkanes) is 7. The van der Waals surface area contributed by atoms with Crippen molar-refractivity contribution in [1.29, 1.82) is 0 Å². The second-order valence-electron chi connectivity index (χ2n) is 5.65. The van der Waals surface area contributed by atoms with E-state index in [9.17, 15) is 4.79 Å². The van der Waals surface area contributed by atoms with Gasteiger partial charge in [-0.15, -0.1) is 0 Å². The first kappa shape index (κ1) is 20.9. The fourth-order valence-electron chi connectivity index (χ4n) is 2.21. The van der Waals surface area contributed by atoms with E-state index in [2.05, 4.69) is 17.9 Å². The molecule has 2 N–H and O–H groups in total. The van der Waals surface area contributed by atoms with Crippen LogP contribution in [0.25, 0.3) is 0 Å². The molecule has 0 aliphatic carbocycles. The Morgan fingerprint density at radius 1 is 1.05 bits per heavy atom. The quantitative estimate of drug-likeness (QED) is 0.185. The summed E-state index contributed by atoms with van der Waals surface area (Å²) in [6.07, 6.45) is 18.3. The molecule has 0 spiro atoms. The smallest absolute Gasteiger partial charge is 0.303 e. The van der Waals surface area contributed by atoms with Gasteiger partial charge >= 0.3 is 5.97 Å². The summed E-state index contributed by atoms with van der Waals surface area (Å²) in [7, 11) is 0. The zero-order valence-corrected chi connectivity index (χ0v) is 13.9. The van der Waals surface area contributed by atoms with Gasteiger partial charge in [-0.25, -0.2) is 4.89 Å². The predicted octanol–water partition coefficient (Wildman–Crippen LogP) is 5.35. The monoisotopic (exact) mass is 312 g/mol. The number of carboxylic acids is 1. The Morgan fingerprint density at radius 3 is 2.45 bits per heavy atom. The van der Waals surface area contributed by atoms with E-state index in [1.54, 1.807) is 0 Å². The van der Waals surface area contributed by atoms with E-state index < -0.39 is 5.97 Å². The largest absolute Gasteiger partial charge is 0.481 e. The van der Waals surface area contributed by atoms with Gasteiger partial charge in [0.15, 0.2) is 0 Å². The third-order valence-corrected chi connectivity index (χ3v) is 3.56. The Hall–Kier alpha value is -1.13. The maximum Gasteiger partial charge on any atom is 0.303 e. The third kappa shape index (κ3) is 15.3. The van der Waals surface area contributed by atoms with Gasteiger partial charge in [0.1, 0.15) is 6.10 Å². The molecule has 0 fully saturated rings. The first-order valence-electron chi connectivity index (χ1n) is 8.56. The Balaban J connectivity index is 3.59. The lowest BCUT2D eigenvalue weighted by atomic mass is 10.1. The van der Waals surface area contributed by atoms with Crippen LogP contribution in [0, 0.1) is 0 Å². The van der Waals surface area contributed by atoms with Crippen LogP contribution in [-0.4, -0.2) is 22.4 Å². The van der Waals surface area contributed by atoms with E-state index in [4.69, 9.17) is 10.4 Å². The van der Waals surface area contributed by atoms with Crippen LogP contribution in [-0.2, 0) is 9.68 Å². The van der Waals surface area contributed by atoms with Gasteiger partial charge in [-0.05, 0) is 25.7 Å². The van der Waals surface area contributed by atoms with Crippen molar-refractivity contribution in [2.24, 2.45) is 0 Å². The van der Waals surface area contributed by atoms with Crippen molar-refractivity contribution in [1.82, 2.24) is 0 Å². The molecule has 0 saturated heterocycles. The second kappa shape index (κ2) is 16.2. The summed E-state index contributed by atoms with van der Waals surface area (Å²) in [5.74, 6) is -0.721. The molecule has 0 aromatic carbocycles. The molecule has 22 heavy (non-hydrogen) atoms. The van der Waals surface area contributed by atoms with Crippen LogP contribution >= 0.6 is 0 Å². The molecular weight excluding hydrogens is 280 g/mol. The molecule has 1 atom stereocenters. The zero-order valence-electron chi connectivity index (χ0n) is 13.9. The lowest BCUT2D eigenvalue weighted by molar-refractivity contribution is -0.267. The lowest BCUT2D eigenvalue weighted by Gasteiger charge is -2.08. The van der Waals surface area contributed by atoms with Crippen LogP contribution < -0.4 is 0 Å². The topological polar surface area (TPSA) is 66.8 Å². The van der Waals surface area contributed by atoms with Crippen LogP contribution in [0.5, 0.6) is 0 Å². The molecule has 0 aliphatic heterocycles. The molecule has 0 aromatic rings. The Bertz CT molecular complexity index is 310. The average Bonchev–Trinajstić information content (AvgIpc) is 2.50. The first-order chi connectivity index (χ1) is 10.7.